The molecular weight excluding hydrogens is 176 g/mol. The number of hydrogen-bond acceptors (Lipinski definition) is 2. The first-order valence-corrected chi connectivity index (χ1v) is 5.71. The highest BCUT2D eigenvalue weighted by atomic mass is 16.2. The maximum absolute atomic E-state index is 11.5. The van der Waals surface area contributed by atoms with Crippen LogP contribution < -0.4 is 5.32 Å². The van der Waals surface area contributed by atoms with Crippen LogP contribution >= 0.6 is 0 Å². The number of hydrogen-bond donors (Lipinski definition) is 1. The van der Waals surface area contributed by atoms with E-state index >= 15 is 0 Å². The lowest BCUT2D eigenvalue weighted by molar-refractivity contribution is -0.122. The first kappa shape index (κ1) is 9.97. The van der Waals surface area contributed by atoms with E-state index in [4.69, 9.17) is 0 Å². The van der Waals surface area contributed by atoms with Crippen LogP contribution in [0.1, 0.15) is 33.1 Å². The van der Waals surface area contributed by atoms with Crippen LogP contribution in [0, 0.1) is 5.92 Å². The molecule has 0 bridgehead atoms. The minimum atomic E-state index is 0.292. The predicted octanol–water partition coefficient (Wildman–Crippen LogP) is 0.995. The van der Waals surface area contributed by atoms with Crippen molar-refractivity contribution in [3.63, 3.8) is 0 Å². The van der Waals surface area contributed by atoms with E-state index in [-0.39, 0.29) is 0 Å². The van der Waals surface area contributed by atoms with Gasteiger partial charge >= 0.3 is 0 Å². The van der Waals surface area contributed by atoms with Crippen LogP contribution in [0.5, 0.6) is 0 Å². The van der Waals surface area contributed by atoms with Gasteiger partial charge in [-0.25, -0.2) is 0 Å². The number of likely N-dealkylation sites (tertiary alicyclic amines) is 1. The molecule has 1 amide bonds. The van der Waals surface area contributed by atoms with Gasteiger partial charge in [0.2, 0.25) is 5.91 Å². The quantitative estimate of drug-likeness (QED) is 0.730. The van der Waals surface area contributed by atoms with Crippen molar-refractivity contribution in [3.8, 4) is 0 Å². The lowest BCUT2D eigenvalue weighted by atomic mass is 10.2. The molecule has 1 heterocycles. The highest BCUT2D eigenvalue weighted by molar-refractivity contribution is 5.81. The third-order valence-electron chi connectivity index (χ3n) is 3.24. The Bertz CT molecular complexity index is 223. The lowest BCUT2D eigenvalue weighted by Crippen LogP contribution is -2.39. The summed E-state index contributed by atoms with van der Waals surface area (Å²) in [7, 11) is 0. The molecule has 14 heavy (non-hydrogen) atoms. The van der Waals surface area contributed by atoms with E-state index in [2.05, 4.69) is 24.1 Å². The molecule has 80 valence electrons. The fourth-order valence-electron chi connectivity index (χ4n) is 2.04. The minimum absolute atomic E-state index is 0.292. The topological polar surface area (TPSA) is 32.3 Å². The second-order valence-corrected chi connectivity index (χ2v) is 4.86. The summed E-state index contributed by atoms with van der Waals surface area (Å²) in [4.78, 5) is 13.9. The van der Waals surface area contributed by atoms with Crippen molar-refractivity contribution in [3.05, 3.63) is 0 Å². The van der Waals surface area contributed by atoms with Crippen molar-refractivity contribution < 1.29 is 4.79 Å². The molecule has 2 aliphatic rings. The summed E-state index contributed by atoms with van der Waals surface area (Å²) in [5.74, 6) is 0.642. The number of rotatable bonds is 3. The summed E-state index contributed by atoms with van der Waals surface area (Å²) in [6, 6.07) is 1.02. The van der Waals surface area contributed by atoms with Crippen molar-refractivity contribution in [2.24, 2.45) is 5.92 Å². The highest BCUT2D eigenvalue weighted by Crippen LogP contribution is 2.29. The summed E-state index contributed by atoms with van der Waals surface area (Å²) in [6.07, 6.45) is 3.33. The van der Waals surface area contributed by atoms with Gasteiger partial charge in [-0.05, 0) is 33.1 Å². The molecule has 1 atom stereocenters. The zero-order valence-corrected chi connectivity index (χ0v) is 9.12. The number of nitrogens with zero attached hydrogens (tertiary/aromatic N) is 1. The third kappa shape index (κ3) is 2.27. The fourth-order valence-corrected chi connectivity index (χ4v) is 2.04. The molecule has 1 saturated heterocycles. The van der Waals surface area contributed by atoms with E-state index in [0.717, 1.165) is 32.4 Å². The maximum Gasteiger partial charge on any atom is 0.223 e. The number of amides is 1. The van der Waals surface area contributed by atoms with E-state index < -0.39 is 0 Å². The molecule has 2 rings (SSSR count). The van der Waals surface area contributed by atoms with Gasteiger partial charge in [0.15, 0.2) is 0 Å². The first-order valence-electron chi connectivity index (χ1n) is 5.71. The SMILES string of the molecule is CC(C)N1CCC(NC(=O)C2CC2)C1. The number of nitrogens with one attached hydrogen (secondary N) is 1. The molecule has 3 nitrogen and oxygen atoms in total. The third-order valence-corrected chi connectivity index (χ3v) is 3.24. The van der Waals surface area contributed by atoms with Gasteiger partial charge in [0.25, 0.3) is 0 Å². The first-order chi connectivity index (χ1) is 6.66. The molecule has 1 aliphatic heterocycles. The molecule has 1 N–H and O–H groups in total. The Hall–Kier alpha value is -0.570. The van der Waals surface area contributed by atoms with Crippen LogP contribution in [0.4, 0.5) is 0 Å². The summed E-state index contributed by atoms with van der Waals surface area (Å²) in [6.45, 7) is 6.60. The van der Waals surface area contributed by atoms with E-state index in [9.17, 15) is 4.79 Å². The lowest BCUT2D eigenvalue weighted by Gasteiger charge is -2.20. The van der Waals surface area contributed by atoms with Crippen LogP contribution in [0.15, 0.2) is 0 Å². The van der Waals surface area contributed by atoms with Crippen molar-refractivity contribution >= 4 is 5.91 Å². The summed E-state index contributed by atoms with van der Waals surface area (Å²) >= 11 is 0. The molecule has 0 aromatic carbocycles. The van der Waals surface area contributed by atoms with Gasteiger partial charge in [-0.1, -0.05) is 0 Å². The van der Waals surface area contributed by atoms with Gasteiger partial charge < -0.3 is 5.32 Å². The normalized spacial score (nSPS) is 28.4. The van der Waals surface area contributed by atoms with Gasteiger partial charge in [0.05, 0.1) is 0 Å². The Morgan fingerprint density at radius 2 is 2.07 bits per heavy atom. The van der Waals surface area contributed by atoms with Crippen molar-refractivity contribution in [1.82, 2.24) is 10.2 Å². The largest absolute Gasteiger partial charge is 0.352 e. The smallest absolute Gasteiger partial charge is 0.223 e. The maximum atomic E-state index is 11.5. The predicted molar refractivity (Wildman–Crippen MR) is 56.0 cm³/mol. The van der Waals surface area contributed by atoms with Crippen molar-refractivity contribution in [2.45, 2.75) is 45.2 Å². The van der Waals surface area contributed by atoms with Crippen LogP contribution in [-0.4, -0.2) is 36.0 Å². The van der Waals surface area contributed by atoms with E-state index in [1.54, 1.807) is 0 Å². The van der Waals surface area contributed by atoms with Crippen molar-refractivity contribution in [1.29, 1.82) is 0 Å². The average Bonchev–Trinajstić information content (AvgIpc) is 2.87. The van der Waals surface area contributed by atoms with Crippen LogP contribution in [0.3, 0.4) is 0 Å². The van der Waals surface area contributed by atoms with Crippen LogP contribution in [0.2, 0.25) is 0 Å². The Kier molecular flexibility index (Phi) is 2.77. The van der Waals surface area contributed by atoms with Gasteiger partial charge in [0, 0.05) is 31.1 Å². The molecule has 1 aliphatic carbocycles. The highest BCUT2D eigenvalue weighted by Gasteiger charge is 2.33. The Labute approximate surface area is 85.8 Å². The fraction of sp³-hybridized carbons (Fsp3) is 0.909. The standard InChI is InChI=1S/C11H20N2O/c1-8(2)13-6-5-10(7-13)12-11(14)9-3-4-9/h8-10H,3-7H2,1-2H3,(H,12,14). The Morgan fingerprint density at radius 1 is 1.36 bits per heavy atom. The summed E-state index contributed by atoms with van der Waals surface area (Å²) < 4.78 is 0. The monoisotopic (exact) mass is 196 g/mol. The second-order valence-electron chi connectivity index (χ2n) is 4.86. The Balaban J connectivity index is 1.75. The molecule has 2 fully saturated rings. The molecular formula is C11H20N2O. The molecule has 1 unspecified atom stereocenters. The van der Waals surface area contributed by atoms with Gasteiger partial charge in [0.1, 0.15) is 0 Å². The summed E-state index contributed by atoms with van der Waals surface area (Å²) in [5, 5.41) is 3.15. The summed E-state index contributed by atoms with van der Waals surface area (Å²) in [5.41, 5.74) is 0. The molecule has 3 heteroatoms. The second kappa shape index (κ2) is 3.89. The van der Waals surface area contributed by atoms with E-state index in [1.165, 1.54) is 0 Å². The minimum Gasteiger partial charge on any atom is -0.352 e. The Morgan fingerprint density at radius 3 is 2.57 bits per heavy atom. The van der Waals surface area contributed by atoms with Gasteiger partial charge in [-0.3, -0.25) is 9.69 Å². The number of carbonyl (C=O) groups excluding carboxylic acids is 1. The molecule has 0 aromatic heterocycles. The van der Waals surface area contributed by atoms with Crippen LogP contribution in [0.25, 0.3) is 0 Å². The zero-order valence-electron chi connectivity index (χ0n) is 9.12. The van der Waals surface area contributed by atoms with Gasteiger partial charge in [-0.15, -0.1) is 0 Å². The van der Waals surface area contributed by atoms with E-state index in [1.807, 2.05) is 0 Å². The van der Waals surface area contributed by atoms with Gasteiger partial charge in [-0.2, -0.15) is 0 Å². The molecule has 0 spiro atoms. The number of carbonyl (C=O) groups is 1. The molecule has 0 aromatic rings. The molecule has 0 radical (unpaired) electrons. The molecule has 1 saturated carbocycles. The van der Waals surface area contributed by atoms with Crippen molar-refractivity contribution in [2.75, 3.05) is 13.1 Å². The average molecular weight is 196 g/mol. The van der Waals surface area contributed by atoms with E-state index in [0.29, 0.717) is 23.9 Å². The van der Waals surface area contributed by atoms with Crippen LogP contribution in [-0.2, 0) is 4.79 Å². The zero-order chi connectivity index (χ0) is 10.1.